The summed E-state index contributed by atoms with van der Waals surface area (Å²) >= 11 is 0. The van der Waals surface area contributed by atoms with Gasteiger partial charge in [-0.1, -0.05) is 12.1 Å². The van der Waals surface area contributed by atoms with E-state index < -0.39 is 0 Å². The van der Waals surface area contributed by atoms with E-state index in [-0.39, 0.29) is 5.82 Å². The zero-order valence-corrected chi connectivity index (χ0v) is 10.9. The van der Waals surface area contributed by atoms with Crippen LogP contribution in [0, 0.1) is 18.2 Å². The lowest BCUT2D eigenvalue weighted by molar-refractivity contribution is -0.0839. The minimum Gasteiger partial charge on any atom is -0.381 e. The first-order valence-electron chi connectivity index (χ1n) is 6.72. The molecule has 2 aliphatic heterocycles. The Balaban J connectivity index is 1.57. The van der Waals surface area contributed by atoms with Gasteiger partial charge in [0.1, 0.15) is 5.82 Å². The molecule has 2 aliphatic rings. The van der Waals surface area contributed by atoms with Crippen molar-refractivity contribution in [2.24, 2.45) is 5.41 Å². The van der Waals surface area contributed by atoms with Crippen molar-refractivity contribution in [2.45, 2.75) is 26.3 Å². The highest BCUT2D eigenvalue weighted by atomic mass is 19.1. The fourth-order valence-electron chi connectivity index (χ4n) is 3.13. The molecule has 0 N–H and O–H groups in total. The average Bonchev–Trinajstić information content (AvgIpc) is 2.33. The molecule has 0 aliphatic carbocycles. The van der Waals surface area contributed by atoms with E-state index in [1.54, 1.807) is 13.0 Å². The van der Waals surface area contributed by atoms with Gasteiger partial charge in [0.15, 0.2) is 0 Å². The molecule has 0 saturated carbocycles. The van der Waals surface area contributed by atoms with Gasteiger partial charge in [-0.15, -0.1) is 0 Å². The maximum Gasteiger partial charge on any atom is 0.126 e. The molecule has 2 saturated heterocycles. The predicted octanol–water partition coefficient (Wildman–Crippen LogP) is 2.75. The van der Waals surface area contributed by atoms with Crippen molar-refractivity contribution in [1.82, 2.24) is 4.90 Å². The van der Waals surface area contributed by atoms with Crippen LogP contribution in [0.15, 0.2) is 18.2 Å². The largest absolute Gasteiger partial charge is 0.381 e. The molecule has 2 fully saturated rings. The van der Waals surface area contributed by atoms with Gasteiger partial charge in [-0.05, 0) is 37.0 Å². The smallest absolute Gasteiger partial charge is 0.126 e. The van der Waals surface area contributed by atoms with Crippen LogP contribution in [0.25, 0.3) is 0 Å². The fourth-order valence-corrected chi connectivity index (χ4v) is 3.13. The van der Waals surface area contributed by atoms with Crippen molar-refractivity contribution < 1.29 is 9.13 Å². The second-order valence-electron chi connectivity index (χ2n) is 5.84. The number of rotatable bonds is 2. The highest BCUT2D eigenvalue weighted by Gasteiger charge is 2.43. The molecular weight excluding hydrogens is 229 g/mol. The van der Waals surface area contributed by atoms with Gasteiger partial charge in [-0.2, -0.15) is 0 Å². The van der Waals surface area contributed by atoms with Crippen molar-refractivity contribution in [3.8, 4) is 0 Å². The number of halogens is 1. The number of hydrogen-bond acceptors (Lipinski definition) is 2. The van der Waals surface area contributed by atoms with Crippen LogP contribution in [0.3, 0.4) is 0 Å². The Morgan fingerprint density at radius 2 is 2.00 bits per heavy atom. The summed E-state index contributed by atoms with van der Waals surface area (Å²) in [5.74, 6) is -0.0891. The molecule has 1 spiro atoms. The summed E-state index contributed by atoms with van der Waals surface area (Å²) in [6.07, 6.45) is 2.37. The predicted molar refractivity (Wildman–Crippen MR) is 68.9 cm³/mol. The SMILES string of the molecule is Cc1ccc(CN2CC3(CCOCC3)C2)cc1F. The van der Waals surface area contributed by atoms with Crippen LogP contribution in [0.1, 0.15) is 24.0 Å². The summed E-state index contributed by atoms with van der Waals surface area (Å²) in [6.45, 7) is 6.79. The van der Waals surface area contributed by atoms with Crippen LogP contribution >= 0.6 is 0 Å². The van der Waals surface area contributed by atoms with Crippen molar-refractivity contribution in [3.05, 3.63) is 35.1 Å². The molecule has 1 aromatic carbocycles. The van der Waals surface area contributed by atoms with E-state index in [0.29, 0.717) is 5.41 Å². The first-order valence-corrected chi connectivity index (χ1v) is 6.72. The second-order valence-corrected chi connectivity index (χ2v) is 5.84. The molecule has 2 heterocycles. The summed E-state index contributed by atoms with van der Waals surface area (Å²) in [7, 11) is 0. The standard InChI is InChI=1S/C15H20FNO/c1-12-2-3-13(8-14(12)16)9-17-10-15(11-17)4-6-18-7-5-15/h2-3,8H,4-7,9-11H2,1H3. The highest BCUT2D eigenvalue weighted by molar-refractivity contribution is 5.23. The summed E-state index contributed by atoms with van der Waals surface area (Å²) < 4.78 is 18.9. The number of likely N-dealkylation sites (tertiary alicyclic amines) is 1. The van der Waals surface area contributed by atoms with Crippen molar-refractivity contribution >= 4 is 0 Å². The monoisotopic (exact) mass is 249 g/mol. The molecular formula is C15H20FNO. The Morgan fingerprint density at radius 1 is 1.28 bits per heavy atom. The van der Waals surface area contributed by atoms with Crippen molar-refractivity contribution in [2.75, 3.05) is 26.3 Å². The third-order valence-electron chi connectivity index (χ3n) is 4.31. The van der Waals surface area contributed by atoms with E-state index in [1.165, 1.54) is 12.8 Å². The van der Waals surface area contributed by atoms with Gasteiger partial charge in [-0.3, -0.25) is 4.90 Å². The topological polar surface area (TPSA) is 12.5 Å². The molecule has 2 nitrogen and oxygen atoms in total. The van der Waals surface area contributed by atoms with E-state index >= 15 is 0 Å². The maximum atomic E-state index is 13.5. The van der Waals surface area contributed by atoms with Crippen LogP contribution in [0.4, 0.5) is 4.39 Å². The number of benzene rings is 1. The maximum absolute atomic E-state index is 13.5. The summed E-state index contributed by atoms with van der Waals surface area (Å²) in [5.41, 5.74) is 2.31. The van der Waals surface area contributed by atoms with Crippen molar-refractivity contribution in [1.29, 1.82) is 0 Å². The zero-order valence-electron chi connectivity index (χ0n) is 10.9. The number of ether oxygens (including phenoxy) is 1. The Morgan fingerprint density at radius 3 is 2.67 bits per heavy atom. The third kappa shape index (κ3) is 2.29. The number of nitrogens with zero attached hydrogens (tertiary/aromatic N) is 1. The quantitative estimate of drug-likeness (QED) is 0.799. The summed E-state index contributed by atoms with van der Waals surface area (Å²) in [5, 5.41) is 0. The molecule has 0 aromatic heterocycles. The number of hydrogen-bond donors (Lipinski definition) is 0. The van der Waals surface area contributed by atoms with Crippen LogP contribution < -0.4 is 0 Å². The second kappa shape index (κ2) is 4.63. The zero-order chi connectivity index (χ0) is 12.6. The lowest BCUT2D eigenvalue weighted by Gasteiger charge is -2.52. The fraction of sp³-hybridized carbons (Fsp3) is 0.600. The molecule has 0 amide bonds. The van der Waals surface area contributed by atoms with E-state index in [9.17, 15) is 4.39 Å². The Bertz CT molecular complexity index is 432. The van der Waals surface area contributed by atoms with Gasteiger partial charge in [0.2, 0.25) is 0 Å². The highest BCUT2D eigenvalue weighted by Crippen LogP contribution is 2.40. The average molecular weight is 249 g/mol. The van der Waals surface area contributed by atoms with Crippen LogP contribution in [0.5, 0.6) is 0 Å². The van der Waals surface area contributed by atoms with Gasteiger partial charge in [-0.25, -0.2) is 4.39 Å². The molecule has 0 radical (unpaired) electrons. The molecule has 0 unspecified atom stereocenters. The lowest BCUT2D eigenvalue weighted by atomic mass is 9.73. The normalized spacial score (nSPS) is 23.0. The lowest BCUT2D eigenvalue weighted by Crippen LogP contribution is -2.57. The summed E-state index contributed by atoms with van der Waals surface area (Å²) in [4.78, 5) is 2.41. The van der Waals surface area contributed by atoms with Crippen LogP contribution in [-0.4, -0.2) is 31.2 Å². The molecule has 98 valence electrons. The van der Waals surface area contributed by atoms with Crippen LogP contribution in [0.2, 0.25) is 0 Å². The van der Waals surface area contributed by atoms with Gasteiger partial charge in [0, 0.05) is 38.3 Å². The molecule has 1 aromatic rings. The molecule has 0 atom stereocenters. The van der Waals surface area contributed by atoms with E-state index in [1.807, 2.05) is 12.1 Å². The Hall–Kier alpha value is -0.930. The molecule has 3 heteroatoms. The summed E-state index contributed by atoms with van der Waals surface area (Å²) in [6, 6.07) is 5.58. The Labute approximate surface area is 108 Å². The minimum atomic E-state index is -0.0891. The molecule has 3 rings (SSSR count). The first kappa shape index (κ1) is 12.1. The molecule has 0 bridgehead atoms. The van der Waals surface area contributed by atoms with Gasteiger partial charge < -0.3 is 4.74 Å². The van der Waals surface area contributed by atoms with Gasteiger partial charge in [0.25, 0.3) is 0 Å². The van der Waals surface area contributed by atoms with Gasteiger partial charge in [0.05, 0.1) is 0 Å². The van der Waals surface area contributed by atoms with Crippen molar-refractivity contribution in [3.63, 3.8) is 0 Å². The number of aryl methyl sites for hydroxylation is 1. The van der Waals surface area contributed by atoms with Gasteiger partial charge >= 0.3 is 0 Å². The Kier molecular flexibility index (Phi) is 3.12. The molecule has 18 heavy (non-hydrogen) atoms. The van der Waals surface area contributed by atoms with E-state index in [0.717, 1.165) is 44.0 Å². The van der Waals surface area contributed by atoms with E-state index in [4.69, 9.17) is 4.74 Å². The van der Waals surface area contributed by atoms with E-state index in [2.05, 4.69) is 4.90 Å². The minimum absolute atomic E-state index is 0.0891. The first-order chi connectivity index (χ1) is 8.67. The van der Waals surface area contributed by atoms with Crippen LogP contribution in [-0.2, 0) is 11.3 Å². The third-order valence-corrected chi connectivity index (χ3v) is 4.31.